The van der Waals surface area contributed by atoms with Crippen molar-refractivity contribution in [1.29, 1.82) is 0 Å². The molecule has 0 spiro atoms. The van der Waals surface area contributed by atoms with Crippen LogP contribution in [0.5, 0.6) is 11.5 Å². The number of rotatable bonds is 3. The molecule has 1 heterocycles. The molecule has 4 aromatic rings. The maximum Gasteiger partial charge on any atom is 0.161 e. The molecule has 0 radical (unpaired) electrons. The van der Waals surface area contributed by atoms with E-state index in [1.807, 2.05) is 18.2 Å². The highest BCUT2D eigenvalue weighted by Gasteiger charge is 2.11. The van der Waals surface area contributed by atoms with Crippen LogP contribution in [0.15, 0.2) is 54.6 Å². The third kappa shape index (κ3) is 2.34. The van der Waals surface area contributed by atoms with Gasteiger partial charge in [0, 0.05) is 16.1 Å². The van der Waals surface area contributed by atoms with E-state index in [9.17, 15) is 0 Å². The summed E-state index contributed by atoms with van der Waals surface area (Å²) < 4.78 is 10.7. The monoisotopic (exact) mass is 321 g/mol. The Hall–Kier alpha value is -2.51. The van der Waals surface area contributed by atoms with Gasteiger partial charge in [0.25, 0.3) is 0 Å². The average Bonchev–Trinajstić information content (AvgIpc) is 3.05. The van der Waals surface area contributed by atoms with Gasteiger partial charge in [-0.25, -0.2) is 4.98 Å². The summed E-state index contributed by atoms with van der Waals surface area (Å²) in [4.78, 5) is 4.91. The Morgan fingerprint density at radius 1 is 0.870 bits per heavy atom. The lowest BCUT2D eigenvalue weighted by Gasteiger charge is -2.08. The van der Waals surface area contributed by atoms with Crippen LogP contribution in [-0.2, 0) is 0 Å². The number of aromatic nitrogens is 1. The van der Waals surface area contributed by atoms with Crippen LogP contribution in [0, 0.1) is 0 Å². The first-order valence-corrected chi connectivity index (χ1v) is 8.40. The lowest BCUT2D eigenvalue weighted by atomic mass is 10.1. The van der Waals surface area contributed by atoms with Crippen LogP contribution < -0.4 is 9.47 Å². The number of hydrogen-bond donors (Lipinski definition) is 0. The van der Waals surface area contributed by atoms with E-state index in [0.29, 0.717) is 8.19 Å². The molecule has 0 amide bonds. The van der Waals surface area contributed by atoms with E-state index >= 15 is 0 Å². The topological polar surface area (TPSA) is 31.4 Å². The summed E-state index contributed by atoms with van der Waals surface area (Å²) in [5.41, 5.74) is 3.28. The Morgan fingerprint density at radius 2 is 1.70 bits per heavy atom. The molecule has 0 aliphatic rings. The molecule has 0 saturated heterocycles. The highest BCUT2D eigenvalue weighted by atomic mass is 31.0. The van der Waals surface area contributed by atoms with Crippen molar-refractivity contribution in [3.05, 3.63) is 54.6 Å². The second-order valence-corrected chi connectivity index (χ2v) is 6.60. The Kier molecular flexibility index (Phi) is 3.44. The van der Waals surface area contributed by atoms with Crippen LogP contribution in [0.4, 0.5) is 0 Å². The van der Waals surface area contributed by atoms with Crippen LogP contribution in [0.3, 0.4) is 0 Å². The van der Waals surface area contributed by atoms with E-state index < -0.39 is 0 Å². The van der Waals surface area contributed by atoms with Crippen LogP contribution >= 0.6 is 8.19 Å². The van der Waals surface area contributed by atoms with Gasteiger partial charge in [-0.15, -0.1) is 8.19 Å². The zero-order valence-electron chi connectivity index (χ0n) is 13.0. The Morgan fingerprint density at radius 3 is 2.52 bits per heavy atom. The Bertz CT molecular complexity index is 1010. The lowest BCUT2D eigenvalue weighted by molar-refractivity contribution is 0.355. The fourth-order valence-corrected chi connectivity index (χ4v) is 4.06. The van der Waals surface area contributed by atoms with Crippen molar-refractivity contribution in [3.63, 3.8) is 0 Å². The van der Waals surface area contributed by atoms with Crippen LogP contribution in [0.25, 0.3) is 32.4 Å². The fraction of sp³-hybridized carbons (Fsp3) is 0.105. The zero-order valence-corrected chi connectivity index (χ0v) is 14.0. The summed E-state index contributed by atoms with van der Waals surface area (Å²) in [5.74, 6) is 1.47. The zero-order chi connectivity index (χ0) is 15.8. The number of methoxy groups -OCH3 is 2. The molecular weight excluding hydrogens is 305 g/mol. The van der Waals surface area contributed by atoms with E-state index in [-0.39, 0.29) is 0 Å². The molecule has 4 rings (SSSR count). The molecule has 0 aliphatic carbocycles. The molecule has 23 heavy (non-hydrogen) atoms. The van der Waals surface area contributed by atoms with Crippen LogP contribution in [0.1, 0.15) is 0 Å². The summed E-state index contributed by atoms with van der Waals surface area (Å²) in [7, 11) is 3.86. The fourth-order valence-electron chi connectivity index (χ4n) is 2.86. The van der Waals surface area contributed by atoms with Gasteiger partial charge in [-0.2, -0.15) is 0 Å². The van der Waals surface area contributed by atoms with E-state index in [4.69, 9.17) is 14.5 Å². The molecule has 0 aliphatic heterocycles. The predicted octanol–water partition coefficient (Wildman–Crippen LogP) is 5.10. The minimum absolute atomic E-state index is 0.560. The highest BCUT2D eigenvalue weighted by molar-refractivity contribution is 7.40. The molecule has 0 fully saturated rings. The third-order valence-electron chi connectivity index (χ3n) is 4.03. The molecule has 114 valence electrons. The minimum atomic E-state index is 0.560. The first kappa shape index (κ1) is 14.1. The lowest BCUT2D eigenvalue weighted by Crippen LogP contribution is -1.90. The number of nitrogens with zero attached hydrogens (tertiary/aromatic N) is 1. The van der Waals surface area contributed by atoms with Gasteiger partial charge >= 0.3 is 0 Å². The van der Waals surface area contributed by atoms with E-state index in [1.54, 1.807) is 14.2 Å². The third-order valence-corrected chi connectivity index (χ3v) is 5.34. The molecule has 3 aromatic carbocycles. The van der Waals surface area contributed by atoms with E-state index in [2.05, 4.69) is 36.4 Å². The molecule has 1 atom stereocenters. The van der Waals surface area contributed by atoms with Crippen LogP contribution in [0.2, 0.25) is 0 Å². The standard InChI is InChI=1S/C19H16NO2P/c1-21-15-9-7-13(11-16(15)22-2)19-20-18-14-6-4-3-5-12(14)8-10-17(18)23-19/h3-11,23H,1-2H3. The summed E-state index contributed by atoms with van der Waals surface area (Å²) in [5, 5.41) is 3.75. The predicted molar refractivity (Wildman–Crippen MR) is 97.3 cm³/mol. The second kappa shape index (κ2) is 5.60. The Balaban J connectivity index is 1.91. The van der Waals surface area contributed by atoms with Gasteiger partial charge in [-0.3, -0.25) is 0 Å². The minimum Gasteiger partial charge on any atom is -0.493 e. The van der Waals surface area contributed by atoms with Gasteiger partial charge < -0.3 is 9.47 Å². The highest BCUT2D eigenvalue weighted by Crippen LogP contribution is 2.40. The molecular formula is C19H16NO2P. The van der Waals surface area contributed by atoms with Crippen molar-refractivity contribution < 1.29 is 9.47 Å². The summed E-state index contributed by atoms with van der Waals surface area (Å²) in [6, 6.07) is 18.7. The van der Waals surface area contributed by atoms with E-state index in [0.717, 1.165) is 28.0 Å². The van der Waals surface area contributed by atoms with Gasteiger partial charge in [-0.05, 0) is 29.7 Å². The first-order chi connectivity index (χ1) is 11.3. The normalized spacial score (nSPS) is 11.4. The van der Waals surface area contributed by atoms with E-state index in [1.165, 1.54) is 15.9 Å². The van der Waals surface area contributed by atoms with Crippen molar-refractivity contribution in [2.45, 2.75) is 0 Å². The van der Waals surface area contributed by atoms with Gasteiger partial charge in [0.05, 0.1) is 25.2 Å². The summed E-state index contributed by atoms with van der Waals surface area (Å²) in [6.07, 6.45) is 0. The second-order valence-electron chi connectivity index (χ2n) is 5.34. The van der Waals surface area contributed by atoms with Gasteiger partial charge in [-0.1, -0.05) is 30.3 Å². The Labute approximate surface area is 136 Å². The quantitative estimate of drug-likeness (QED) is 0.526. The number of ether oxygens (including phenoxy) is 2. The van der Waals surface area contributed by atoms with Crippen LogP contribution in [-0.4, -0.2) is 19.2 Å². The molecule has 0 saturated carbocycles. The van der Waals surface area contributed by atoms with Gasteiger partial charge in [0.15, 0.2) is 11.5 Å². The smallest absolute Gasteiger partial charge is 0.161 e. The van der Waals surface area contributed by atoms with Gasteiger partial charge in [0.1, 0.15) is 0 Å². The molecule has 4 heteroatoms. The maximum absolute atomic E-state index is 5.41. The van der Waals surface area contributed by atoms with Crippen molar-refractivity contribution >= 4 is 29.6 Å². The maximum atomic E-state index is 5.41. The van der Waals surface area contributed by atoms with Crippen molar-refractivity contribution in [2.24, 2.45) is 0 Å². The number of hydrogen-bond acceptors (Lipinski definition) is 3. The SMILES string of the molecule is COc1ccc(-c2nc3c(ccc4ccccc43)[pH]2)cc1OC. The first-order valence-electron chi connectivity index (χ1n) is 7.40. The molecule has 1 unspecified atom stereocenters. The van der Waals surface area contributed by atoms with Crippen molar-refractivity contribution in [1.82, 2.24) is 4.98 Å². The molecule has 0 bridgehead atoms. The van der Waals surface area contributed by atoms with Gasteiger partial charge in [0.2, 0.25) is 0 Å². The average molecular weight is 321 g/mol. The molecule has 1 aromatic heterocycles. The van der Waals surface area contributed by atoms with Crippen molar-refractivity contribution in [2.75, 3.05) is 14.2 Å². The summed E-state index contributed by atoms with van der Waals surface area (Å²) in [6.45, 7) is 0. The number of fused-ring (bicyclic) bond motifs is 3. The largest absolute Gasteiger partial charge is 0.493 e. The molecule has 3 nitrogen and oxygen atoms in total. The number of benzene rings is 3. The molecule has 0 N–H and O–H groups in total. The summed E-state index contributed by atoms with van der Waals surface area (Å²) >= 11 is 0. The van der Waals surface area contributed by atoms with Crippen molar-refractivity contribution in [3.8, 4) is 22.5 Å².